The first-order chi connectivity index (χ1) is 9.97. The second-order valence-corrected chi connectivity index (χ2v) is 5.78. The van der Waals surface area contributed by atoms with E-state index in [4.69, 9.17) is 0 Å². The molecule has 0 unspecified atom stereocenters. The predicted molar refractivity (Wildman–Crippen MR) is 79.2 cm³/mol. The highest BCUT2D eigenvalue weighted by Gasteiger charge is 2.17. The molecule has 0 bridgehead atoms. The van der Waals surface area contributed by atoms with Gasteiger partial charge < -0.3 is 5.32 Å². The first kappa shape index (κ1) is 15.2. The summed E-state index contributed by atoms with van der Waals surface area (Å²) in [4.78, 5) is 23.3. The lowest BCUT2D eigenvalue weighted by atomic mass is 10.1. The summed E-state index contributed by atoms with van der Waals surface area (Å²) in [5.74, 6) is -0.162. The van der Waals surface area contributed by atoms with E-state index in [1.54, 1.807) is 38.2 Å². The van der Waals surface area contributed by atoms with Gasteiger partial charge in [0.2, 0.25) is 11.1 Å². The maximum atomic E-state index is 12.1. The third kappa shape index (κ3) is 3.88. The molecular formula is C13H15N5O2S. The number of Topliss-reactive ketones (excluding diaryl/α,β-unsaturated/α-hetero) is 1. The van der Waals surface area contributed by atoms with Crippen LogP contribution in [0.25, 0.3) is 0 Å². The van der Waals surface area contributed by atoms with Gasteiger partial charge in [-0.25, -0.2) is 4.68 Å². The fourth-order valence-corrected chi connectivity index (χ4v) is 2.32. The van der Waals surface area contributed by atoms with Crippen molar-refractivity contribution in [2.24, 2.45) is 7.05 Å². The van der Waals surface area contributed by atoms with Gasteiger partial charge in [0.1, 0.15) is 0 Å². The van der Waals surface area contributed by atoms with Crippen LogP contribution in [0, 0.1) is 0 Å². The lowest BCUT2D eigenvalue weighted by molar-refractivity contribution is -0.115. The highest BCUT2D eigenvalue weighted by Crippen LogP contribution is 2.21. The van der Waals surface area contributed by atoms with Crippen molar-refractivity contribution in [1.29, 1.82) is 0 Å². The van der Waals surface area contributed by atoms with Gasteiger partial charge in [-0.3, -0.25) is 9.59 Å². The van der Waals surface area contributed by atoms with E-state index in [0.717, 1.165) is 0 Å². The summed E-state index contributed by atoms with van der Waals surface area (Å²) in [6.07, 6.45) is 0. The number of amides is 1. The molecule has 0 radical (unpaired) electrons. The van der Waals surface area contributed by atoms with Crippen molar-refractivity contribution >= 4 is 29.1 Å². The molecule has 7 nitrogen and oxygen atoms in total. The maximum absolute atomic E-state index is 12.1. The molecule has 21 heavy (non-hydrogen) atoms. The third-order valence-electron chi connectivity index (χ3n) is 2.79. The zero-order chi connectivity index (χ0) is 15.4. The van der Waals surface area contributed by atoms with Gasteiger partial charge in [0.25, 0.3) is 0 Å². The Morgan fingerprint density at radius 1 is 1.29 bits per heavy atom. The largest absolute Gasteiger partial charge is 0.325 e. The van der Waals surface area contributed by atoms with E-state index in [9.17, 15) is 9.59 Å². The van der Waals surface area contributed by atoms with Crippen molar-refractivity contribution in [2.75, 3.05) is 5.32 Å². The summed E-state index contributed by atoms with van der Waals surface area (Å²) in [5.41, 5.74) is 1.26. The number of thioether (sulfide) groups is 1. The van der Waals surface area contributed by atoms with Crippen LogP contribution in [0.15, 0.2) is 29.4 Å². The summed E-state index contributed by atoms with van der Waals surface area (Å²) in [7, 11) is 1.72. The van der Waals surface area contributed by atoms with Gasteiger partial charge in [-0.15, -0.1) is 5.10 Å². The van der Waals surface area contributed by atoms with Crippen LogP contribution in [0.3, 0.4) is 0 Å². The quantitative estimate of drug-likeness (QED) is 0.665. The molecule has 0 aliphatic heterocycles. The van der Waals surface area contributed by atoms with Crippen molar-refractivity contribution in [3.05, 3.63) is 29.8 Å². The molecule has 0 aliphatic carbocycles. The lowest BCUT2D eigenvalue weighted by Gasteiger charge is -2.11. The topological polar surface area (TPSA) is 89.8 Å². The highest BCUT2D eigenvalue weighted by atomic mass is 32.2. The van der Waals surface area contributed by atoms with Crippen molar-refractivity contribution in [1.82, 2.24) is 20.2 Å². The zero-order valence-electron chi connectivity index (χ0n) is 11.9. The van der Waals surface area contributed by atoms with Crippen molar-refractivity contribution in [2.45, 2.75) is 24.3 Å². The number of nitrogens with one attached hydrogen (secondary N) is 1. The normalized spacial score (nSPS) is 12.0. The van der Waals surface area contributed by atoms with Gasteiger partial charge in [-0.2, -0.15) is 0 Å². The molecule has 2 aromatic rings. The second-order valence-electron chi connectivity index (χ2n) is 4.47. The number of aryl methyl sites for hydroxylation is 1. The predicted octanol–water partition coefficient (Wildman–Crippen LogP) is 1.53. The van der Waals surface area contributed by atoms with Crippen molar-refractivity contribution < 1.29 is 9.59 Å². The molecule has 0 saturated heterocycles. The van der Waals surface area contributed by atoms with Gasteiger partial charge in [0.15, 0.2) is 5.78 Å². The van der Waals surface area contributed by atoms with Gasteiger partial charge in [0, 0.05) is 18.3 Å². The van der Waals surface area contributed by atoms with Gasteiger partial charge >= 0.3 is 0 Å². The Labute approximate surface area is 126 Å². The average Bonchev–Trinajstić information content (AvgIpc) is 2.84. The smallest absolute Gasteiger partial charge is 0.237 e. The Morgan fingerprint density at radius 3 is 2.48 bits per heavy atom. The molecule has 0 aliphatic rings. The Balaban J connectivity index is 1.97. The summed E-state index contributed by atoms with van der Waals surface area (Å²) < 4.78 is 1.51. The first-order valence-electron chi connectivity index (χ1n) is 6.28. The van der Waals surface area contributed by atoms with Crippen LogP contribution in [0.2, 0.25) is 0 Å². The van der Waals surface area contributed by atoms with E-state index in [-0.39, 0.29) is 16.9 Å². The summed E-state index contributed by atoms with van der Waals surface area (Å²) in [5, 5.41) is 14.1. The van der Waals surface area contributed by atoms with E-state index in [2.05, 4.69) is 20.8 Å². The molecule has 0 fully saturated rings. The van der Waals surface area contributed by atoms with Crippen LogP contribution in [0.5, 0.6) is 0 Å². The Kier molecular flexibility index (Phi) is 4.69. The Bertz CT molecular complexity index is 653. The number of ketones is 1. The minimum Gasteiger partial charge on any atom is -0.325 e. The maximum Gasteiger partial charge on any atom is 0.237 e. The molecule has 0 saturated carbocycles. The molecule has 1 N–H and O–H groups in total. The molecule has 1 amide bonds. The van der Waals surface area contributed by atoms with Crippen LogP contribution >= 0.6 is 11.8 Å². The van der Waals surface area contributed by atoms with Crippen LogP contribution in [-0.4, -0.2) is 37.1 Å². The first-order valence-corrected chi connectivity index (χ1v) is 7.16. The molecule has 1 aromatic carbocycles. The number of nitrogens with zero attached hydrogens (tertiary/aromatic N) is 4. The monoisotopic (exact) mass is 305 g/mol. The standard InChI is InChI=1S/C13H15N5O2S/c1-8(19)10-4-6-11(7-5-10)14-12(20)9(2)21-13-15-16-17-18(13)3/h4-7,9H,1-3H3,(H,14,20)/t9-/m1/s1. The molecule has 8 heteroatoms. The zero-order valence-corrected chi connectivity index (χ0v) is 12.7. The van der Waals surface area contributed by atoms with Crippen LogP contribution < -0.4 is 5.32 Å². The molecule has 2 rings (SSSR count). The minimum atomic E-state index is -0.345. The van der Waals surface area contributed by atoms with E-state index >= 15 is 0 Å². The van der Waals surface area contributed by atoms with E-state index in [1.165, 1.54) is 23.4 Å². The van der Waals surface area contributed by atoms with Gasteiger partial charge in [0.05, 0.1) is 5.25 Å². The second kappa shape index (κ2) is 6.49. The molecule has 110 valence electrons. The number of carbonyl (C=O) groups excluding carboxylic acids is 2. The number of hydrogen-bond acceptors (Lipinski definition) is 6. The lowest BCUT2D eigenvalue weighted by Crippen LogP contribution is -2.22. The van der Waals surface area contributed by atoms with Crippen LogP contribution in [0.1, 0.15) is 24.2 Å². The highest BCUT2D eigenvalue weighted by molar-refractivity contribution is 8.00. The van der Waals surface area contributed by atoms with Gasteiger partial charge in [-0.05, 0) is 48.5 Å². The number of benzene rings is 1. The molecule has 1 aromatic heterocycles. The van der Waals surface area contributed by atoms with Crippen LogP contribution in [-0.2, 0) is 11.8 Å². The number of tetrazole rings is 1. The fourth-order valence-electron chi connectivity index (χ4n) is 1.56. The number of carbonyl (C=O) groups is 2. The number of hydrogen-bond donors (Lipinski definition) is 1. The number of rotatable bonds is 5. The molecular weight excluding hydrogens is 290 g/mol. The number of anilines is 1. The summed E-state index contributed by atoms with van der Waals surface area (Å²) >= 11 is 1.27. The molecule has 1 heterocycles. The van der Waals surface area contributed by atoms with Gasteiger partial charge in [-0.1, -0.05) is 11.8 Å². The Hall–Kier alpha value is -2.22. The van der Waals surface area contributed by atoms with E-state index in [1.807, 2.05) is 0 Å². The average molecular weight is 305 g/mol. The Morgan fingerprint density at radius 2 is 1.95 bits per heavy atom. The summed E-state index contributed by atoms with van der Waals surface area (Å²) in [6, 6.07) is 6.77. The molecule has 1 atom stereocenters. The number of aromatic nitrogens is 4. The fraction of sp³-hybridized carbons (Fsp3) is 0.308. The van der Waals surface area contributed by atoms with Crippen molar-refractivity contribution in [3.63, 3.8) is 0 Å². The summed E-state index contributed by atoms with van der Waals surface area (Å²) in [6.45, 7) is 3.28. The van der Waals surface area contributed by atoms with E-state index < -0.39 is 0 Å². The SMILES string of the molecule is CC(=O)c1ccc(NC(=O)[C@@H](C)Sc2nnnn2C)cc1. The van der Waals surface area contributed by atoms with Crippen LogP contribution in [0.4, 0.5) is 5.69 Å². The van der Waals surface area contributed by atoms with Crippen molar-refractivity contribution in [3.8, 4) is 0 Å². The van der Waals surface area contributed by atoms with E-state index in [0.29, 0.717) is 16.4 Å². The minimum absolute atomic E-state index is 0.00779. The molecule has 0 spiro atoms. The third-order valence-corrected chi connectivity index (χ3v) is 3.92.